The molecule has 2 heterocycles. The lowest BCUT2D eigenvalue weighted by molar-refractivity contribution is -0.132. The molecule has 0 aliphatic carbocycles. The van der Waals surface area contributed by atoms with Crippen LogP contribution in [0.2, 0.25) is 0 Å². The summed E-state index contributed by atoms with van der Waals surface area (Å²) >= 11 is 3.49. The largest absolute Gasteiger partial charge is 0.337 e. The van der Waals surface area contributed by atoms with E-state index in [1.807, 2.05) is 4.90 Å². The monoisotopic (exact) mass is 335 g/mol. The van der Waals surface area contributed by atoms with Crippen molar-refractivity contribution in [3.63, 3.8) is 0 Å². The van der Waals surface area contributed by atoms with Gasteiger partial charge in [-0.2, -0.15) is 4.80 Å². The minimum absolute atomic E-state index is 0.0239. The number of carbonyl (C=O) groups is 1. The maximum absolute atomic E-state index is 12.3. The van der Waals surface area contributed by atoms with E-state index in [1.165, 1.54) is 22.3 Å². The van der Waals surface area contributed by atoms with Gasteiger partial charge in [0.15, 0.2) is 6.33 Å². The molecular formula is C13H14BrN5O. The van der Waals surface area contributed by atoms with Crippen LogP contribution in [0.1, 0.15) is 17.5 Å². The molecule has 104 valence electrons. The molecule has 3 rings (SSSR count). The molecule has 0 radical (unpaired) electrons. The van der Waals surface area contributed by atoms with Crippen LogP contribution in [0, 0.1) is 0 Å². The van der Waals surface area contributed by atoms with Crippen LogP contribution in [0.4, 0.5) is 0 Å². The third-order valence-electron chi connectivity index (χ3n) is 3.42. The molecule has 0 unspecified atom stereocenters. The zero-order chi connectivity index (χ0) is 13.9. The van der Waals surface area contributed by atoms with E-state index in [0.717, 1.165) is 23.9 Å². The quantitative estimate of drug-likeness (QED) is 0.832. The van der Waals surface area contributed by atoms with E-state index in [1.54, 1.807) is 0 Å². The number of halogens is 1. The number of carbonyl (C=O) groups excluding carboxylic acids is 1. The maximum atomic E-state index is 12.3. The van der Waals surface area contributed by atoms with E-state index in [-0.39, 0.29) is 12.5 Å². The highest BCUT2D eigenvalue weighted by atomic mass is 79.9. The highest BCUT2D eigenvalue weighted by molar-refractivity contribution is 9.10. The number of benzene rings is 1. The number of fused-ring (bicyclic) bond motifs is 1. The molecule has 1 aliphatic heterocycles. The Balaban J connectivity index is 1.76. The third kappa shape index (κ3) is 2.87. The zero-order valence-corrected chi connectivity index (χ0v) is 12.5. The van der Waals surface area contributed by atoms with Crippen LogP contribution >= 0.6 is 15.9 Å². The first-order valence-electron chi connectivity index (χ1n) is 6.48. The Labute approximate surface area is 124 Å². The molecule has 6 nitrogen and oxygen atoms in total. The highest BCUT2D eigenvalue weighted by Gasteiger charge is 2.19. The summed E-state index contributed by atoms with van der Waals surface area (Å²) in [6, 6.07) is 6.27. The van der Waals surface area contributed by atoms with Crippen molar-refractivity contribution in [1.82, 2.24) is 25.1 Å². The lowest BCUT2D eigenvalue weighted by atomic mass is 10.0. The number of aromatic nitrogens is 4. The summed E-state index contributed by atoms with van der Waals surface area (Å²) < 4.78 is 1.04. The van der Waals surface area contributed by atoms with Gasteiger partial charge in [-0.25, -0.2) is 0 Å². The van der Waals surface area contributed by atoms with Gasteiger partial charge in [-0.15, -0.1) is 10.2 Å². The molecule has 0 atom stereocenters. The lowest BCUT2D eigenvalue weighted by Crippen LogP contribution is -2.34. The van der Waals surface area contributed by atoms with Gasteiger partial charge in [0.2, 0.25) is 5.91 Å². The summed E-state index contributed by atoms with van der Waals surface area (Å²) in [6.07, 6.45) is 3.32. The van der Waals surface area contributed by atoms with Crippen LogP contribution in [-0.4, -0.2) is 37.6 Å². The normalized spacial score (nSPS) is 14.8. The van der Waals surface area contributed by atoms with Crippen molar-refractivity contribution in [2.75, 3.05) is 6.54 Å². The van der Waals surface area contributed by atoms with E-state index in [0.29, 0.717) is 6.54 Å². The molecule has 1 aromatic carbocycles. The summed E-state index contributed by atoms with van der Waals surface area (Å²) in [5.74, 6) is 0.0239. The number of amides is 1. The van der Waals surface area contributed by atoms with Crippen LogP contribution in [-0.2, 0) is 24.3 Å². The van der Waals surface area contributed by atoms with Gasteiger partial charge >= 0.3 is 0 Å². The number of aryl methyl sites for hydroxylation is 1. The molecule has 0 bridgehead atoms. The van der Waals surface area contributed by atoms with Crippen LogP contribution < -0.4 is 0 Å². The van der Waals surface area contributed by atoms with Crippen molar-refractivity contribution in [2.45, 2.75) is 25.9 Å². The first kappa shape index (κ1) is 13.2. The summed E-state index contributed by atoms with van der Waals surface area (Å²) in [6.45, 7) is 1.55. The summed E-state index contributed by atoms with van der Waals surface area (Å²) in [5.41, 5.74) is 2.53. The predicted molar refractivity (Wildman–Crippen MR) is 75.7 cm³/mol. The van der Waals surface area contributed by atoms with Crippen LogP contribution in [0.15, 0.2) is 29.0 Å². The Morgan fingerprint density at radius 2 is 2.25 bits per heavy atom. The average molecular weight is 336 g/mol. The van der Waals surface area contributed by atoms with Crippen molar-refractivity contribution < 1.29 is 4.79 Å². The molecular weight excluding hydrogens is 322 g/mol. The topological polar surface area (TPSA) is 63.9 Å². The summed E-state index contributed by atoms with van der Waals surface area (Å²) in [7, 11) is 0. The fourth-order valence-corrected chi connectivity index (χ4v) is 2.83. The Kier molecular flexibility index (Phi) is 3.77. The molecule has 20 heavy (non-hydrogen) atoms. The molecule has 0 fully saturated rings. The van der Waals surface area contributed by atoms with Crippen molar-refractivity contribution in [3.05, 3.63) is 40.1 Å². The van der Waals surface area contributed by atoms with Gasteiger partial charge in [0, 0.05) is 17.6 Å². The molecule has 0 saturated carbocycles. The molecule has 0 spiro atoms. The van der Waals surface area contributed by atoms with Gasteiger partial charge in [0.05, 0.1) is 0 Å². The zero-order valence-electron chi connectivity index (χ0n) is 10.9. The second-order valence-electron chi connectivity index (χ2n) is 4.80. The van der Waals surface area contributed by atoms with Gasteiger partial charge in [0.25, 0.3) is 0 Å². The van der Waals surface area contributed by atoms with E-state index in [9.17, 15) is 4.79 Å². The number of nitrogens with zero attached hydrogens (tertiary/aromatic N) is 5. The third-order valence-corrected chi connectivity index (χ3v) is 3.92. The van der Waals surface area contributed by atoms with Gasteiger partial charge < -0.3 is 4.90 Å². The first-order valence-corrected chi connectivity index (χ1v) is 7.27. The fraction of sp³-hybridized carbons (Fsp3) is 0.385. The van der Waals surface area contributed by atoms with Crippen molar-refractivity contribution in [1.29, 1.82) is 0 Å². The van der Waals surface area contributed by atoms with E-state index >= 15 is 0 Å². The highest BCUT2D eigenvalue weighted by Crippen LogP contribution is 2.22. The standard InChI is InChI=1S/C13H14BrN5O/c14-12-4-3-10-2-1-5-18(7-11(10)6-12)13(20)8-19-16-9-15-17-19/h3-4,6,9H,1-2,5,7-8H2. The molecule has 0 saturated heterocycles. The summed E-state index contributed by atoms with van der Waals surface area (Å²) in [5, 5.41) is 11.2. The maximum Gasteiger partial charge on any atom is 0.246 e. The van der Waals surface area contributed by atoms with Gasteiger partial charge in [-0.05, 0) is 41.3 Å². The van der Waals surface area contributed by atoms with E-state index < -0.39 is 0 Å². The smallest absolute Gasteiger partial charge is 0.246 e. The second-order valence-corrected chi connectivity index (χ2v) is 5.71. The number of rotatable bonds is 2. The van der Waals surface area contributed by atoms with Crippen LogP contribution in [0.25, 0.3) is 0 Å². The Morgan fingerprint density at radius 3 is 3.05 bits per heavy atom. The predicted octanol–water partition coefficient (Wildman–Crippen LogP) is 1.41. The van der Waals surface area contributed by atoms with E-state index in [2.05, 4.69) is 49.5 Å². The molecule has 0 N–H and O–H groups in total. The van der Waals surface area contributed by atoms with Crippen molar-refractivity contribution >= 4 is 21.8 Å². The van der Waals surface area contributed by atoms with Crippen LogP contribution in [0.5, 0.6) is 0 Å². The first-order chi connectivity index (χ1) is 9.72. The minimum Gasteiger partial charge on any atom is -0.337 e. The number of hydrogen-bond donors (Lipinski definition) is 0. The lowest BCUT2D eigenvalue weighted by Gasteiger charge is -2.20. The van der Waals surface area contributed by atoms with Gasteiger partial charge in [-0.1, -0.05) is 22.0 Å². The number of tetrazole rings is 1. The fourth-order valence-electron chi connectivity index (χ4n) is 2.43. The molecule has 2 aromatic rings. The van der Waals surface area contributed by atoms with Gasteiger partial charge in [-0.3, -0.25) is 4.79 Å². The average Bonchev–Trinajstić information content (AvgIpc) is 2.83. The Bertz CT molecular complexity index is 613. The molecule has 7 heteroatoms. The molecule has 1 amide bonds. The molecule has 1 aromatic heterocycles. The SMILES string of the molecule is O=C(Cn1ncnn1)N1CCCc2ccc(Br)cc2C1. The Morgan fingerprint density at radius 1 is 1.35 bits per heavy atom. The summed E-state index contributed by atoms with van der Waals surface area (Å²) in [4.78, 5) is 15.5. The Hall–Kier alpha value is -1.76. The molecule has 1 aliphatic rings. The second kappa shape index (κ2) is 5.70. The minimum atomic E-state index is 0.0239. The van der Waals surface area contributed by atoms with E-state index in [4.69, 9.17) is 0 Å². The van der Waals surface area contributed by atoms with Crippen LogP contribution in [0.3, 0.4) is 0 Å². The van der Waals surface area contributed by atoms with Crippen molar-refractivity contribution in [2.24, 2.45) is 0 Å². The van der Waals surface area contributed by atoms with Crippen molar-refractivity contribution in [3.8, 4) is 0 Å². The van der Waals surface area contributed by atoms with Gasteiger partial charge in [0.1, 0.15) is 6.54 Å². The number of hydrogen-bond acceptors (Lipinski definition) is 4.